The zero-order chi connectivity index (χ0) is 15.2. The number of carbonyl (C=O) groups excluding carboxylic acids is 1. The van der Waals surface area contributed by atoms with Gasteiger partial charge in [-0.15, -0.1) is 0 Å². The Bertz CT molecular complexity index is 619. The molecule has 1 atom stereocenters. The molecule has 0 aliphatic rings. The maximum absolute atomic E-state index is 12.2. The summed E-state index contributed by atoms with van der Waals surface area (Å²) >= 11 is 9.46. The van der Waals surface area contributed by atoms with Gasteiger partial charge in [0.1, 0.15) is 0 Å². The predicted octanol–water partition coefficient (Wildman–Crippen LogP) is 4.82. The number of ether oxygens (including phenoxy) is 1. The summed E-state index contributed by atoms with van der Waals surface area (Å²) in [6.45, 7) is 2.12. The van der Waals surface area contributed by atoms with E-state index in [2.05, 4.69) is 21.2 Å². The summed E-state index contributed by atoms with van der Waals surface area (Å²) in [5.41, 5.74) is 1.58. The number of halogens is 2. The molecule has 0 aliphatic heterocycles. The molecule has 1 N–H and O–H groups in total. The Morgan fingerprint density at radius 3 is 2.67 bits per heavy atom. The Morgan fingerprint density at radius 1 is 1.29 bits per heavy atom. The average Bonchev–Trinajstić information content (AvgIpc) is 2.49. The smallest absolute Gasteiger partial charge is 0.333 e. The van der Waals surface area contributed by atoms with E-state index < -0.39 is 6.04 Å². The molecular formula is C16H15BrClNO2. The van der Waals surface area contributed by atoms with Gasteiger partial charge in [0.15, 0.2) is 6.04 Å². The van der Waals surface area contributed by atoms with Crippen molar-refractivity contribution < 1.29 is 9.53 Å². The van der Waals surface area contributed by atoms with Crippen molar-refractivity contribution in [2.45, 2.75) is 13.0 Å². The number of hydrogen-bond donors (Lipinski definition) is 1. The van der Waals surface area contributed by atoms with Crippen LogP contribution in [0.4, 0.5) is 5.69 Å². The Labute approximate surface area is 137 Å². The van der Waals surface area contributed by atoms with Gasteiger partial charge in [-0.2, -0.15) is 0 Å². The van der Waals surface area contributed by atoms with Gasteiger partial charge in [0.2, 0.25) is 0 Å². The maximum Gasteiger partial charge on any atom is 0.333 e. The molecule has 0 heterocycles. The van der Waals surface area contributed by atoms with E-state index in [9.17, 15) is 4.79 Å². The molecule has 21 heavy (non-hydrogen) atoms. The molecule has 2 aromatic rings. The molecule has 0 aliphatic carbocycles. The Hall–Kier alpha value is -1.52. The first kappa shape index (κ1) is 15.9. The van der Waals surface area contributed by atoms with E-state index >= 15 is 0 Å². The molecule has 0 spiro atoms. The van der Waals surface area contributed by atoms with Gasteiger partial charge < -0.3 is 10.1 Å². The first-order valence-electron chi connectivity index (χ1n) is 6.55. The highest BCUT2D eigenvalue weighted by molar-refractivity contribution is 9.10. The minimum absolute atomic E-state index is 0.324. The largest absolute Gasteiger partial charge is 0.464 e. The molecule has 0 fully saturated rings. The minimum atomic E-state index is -0.582. The molecule has 110 valence electrons. The Kier molecular flexibility index (Phi) is 5.65. The van der Waals surface area contributed by atoms with Gasteiger partial charge in [-0.3, -0.25) is 0 Å². The van der Waals surface area contributed by atoms with Crippen molar-refractivity contribution in [1.82, 2.24) is 0 Å². The highest BCUT2D eigenvalue weighted by Crippen LogP contribution is 2.30. The summed E-state index contributed by atoms with van der Waals surface area (Å²) in [6, 6.07) is 14.2. The van der Waals surface area contributed by atoms with E-state index in [4.69, 9.17) is 16.3 Å². The van der Waals surface area contributed by atoms with Gasteiger partial charge in [-0.1, -0.05) is 41.9 Å². The van der Waals surface area contributed by atoms with Crippen molar-refractivity contribution in [2.75, 3.05) is 11.9 Å². The van der Waals surface area contributed by atoms with Crippen molar-refractivity contribution in [3.8, 4) is 0 Å². The average molecular weight is 369 g/mol. The van der Waals surface area contributed by atoms with E-state index in [1.807, 2.05) is 36.4 Å². The first-order valence-corrected chi connectivity index (χ1v) is 7.72. The fourth-order valence-electron chi connectivity index (χ4n) is 1.91. The second-order valence-corrected chi connectivity index (χ2v) is 5.66. The molecule has 0 aromatic heterocycles. The third-order valence-electron chi connectivity index (χ3n) is 2.88. The normalized spacial score (nSPS) is 11.8. The molecule has 5 heteroatoms. The third-order valence-corrected chi connectivity index (χ3v) is 3.81. The van der Waals surface area contributed by atoms with Crippen molar-refractivity contribution in [2.24, 2.45) is 0 Å². The quantitative estimate of drug-likeness (QED) is 0.769. The Balaban J connectivity index is 2.32. The highest BCUT2D eigenvalue weighted by Gasteiger charge is 2.22. The fraction of sp³-hybridized carbons (Fsp3) is 0.188. The molecule has 3 nitrogen and oxygen atoms in total. The fourth-order valence-corrected chi connectivity index (χ4v) is 2.45. The van der Waals surface area contributed by atoms with E-state index in [-0.39, 0.29) is 5.97 Å². The Morgan fingerprint density at radius 2 is 2.00 bits per heavy atom. The monoisotopic (exact) mass is 367 g/mol. The number of nitrogens with one attached hydrogen (secondary N) is 1. The van der Waals surface area contributed by atoms with Gasteiger partial charge in [-0.05, 0) is 46.6 Å². The van der Waals surface area contributed by atoms with Crippen LogP contribution in [0.15, 0.2) is 53.0 Å². The molecule has 0 bridgehead atoms. The predicted molar refractivity (Wildman–Crippen MR) is 88.6 cm³/mol. The van der Waals surface area contributed by atoms with Crippen LogP contribution >= 0.6 is 27.5 Å². The standard InChI is InChI=1S/C16H15BrClNO2/c1-2-21-16(20)15(11-6-4-3-5-7-11)19-14-10-12(18)8-9-13(14)17/h3-10,15,19H,2H2,1H3. The van der Waals surface area contributed by atoms with Gasteiger partial charge >= 0.3 is 5.97 Å². The molecular weight excluding hydrogens is 354 g/mol. The summed E-state index contributed by atoms with van der Waals surface area (Å²) in [4.78, 5) is 12.2. The lowest BCUT2D eigenvalue weighted by Crippen LogP contribution is -2.23. The summed E-state index contributed by atoms with van der Waals surface area (Å²) < 4.78 is 5.98. The number of benzene rings is 2. The zero-order valence-corrected chi connectivity index (χ0v) is 13.8. The summed E-state index contributed by atoms with van der Waals surface area (Å²) in [5.74, 6) is -0.324. The molecule has 2 aromatic carbocycles. The van der Waals surface area contributed by atoms with Crippen molar-refractivity contribution >= 4 is 39.2 Å². The van der Waals surface area contributed by atoms with Gasteiger partial charge in [-0.25, -0.2) is 4.79 Å². The second-order valence-electron chi connectivity index (χ2n) is 4.36. The SMILES string of the molecule is CCOC(=O)C(Nc1cc(Cl)ccc1Br)c1ccccc1. The lowest BCUT2D eigenvalue weighted by Gasteiger charge is -2.19. The molecule has 0 saturated carbocycles. The minimum Gasteiger partial charge on any atom is -0.464 e. The van der Waals surface area contributed by atoms with Crippen LogP contribution in [0, 0.1) is 0 Å². The van der Waals surface area contributed by atoms with E-state index in [0.29, 0.717) is 11.6 Å². The molecule has 0 radical (unpaired) electrons. The molecule has 2 rings (SSSR count). The van der Waals surface area contributed by atoms with Crippen molar-refractivity contribution in [3.63, 3.8) is 0 Å². The van der Waals surface area contributed by atoms with E-state index in [0.717, 1.165) is 15.7 Å². The second kappa shape index (κ2) is 7.48. The number of hydrogen-bond acceptors (Lipinski definition) is 3. The van der Waals surface area contributed by atoms with E-state index in [1.54, 1.807) is 19.1 Å². The van der Waals surface area contributed by atoms with Crippen molar-refractivity contribution in [1.29, 1.82) is 0 Å². The van der Waals surface area contributed by atoms with Crippen LogP contribution < -0.4 is 5.32 Å². The van der Waals surface area contributed by atoms with Crippen LogP contribution in [0.2, 0.25) is 5.02 Å². The highest BCUT2D eigenvalue weighted by atomic mass is 79.9. The topological polar surface area (TPSA) is 38.3 Å². The number of rotatable bonds is 5. The molecule has 0 amide bonds. The summed E-state index contributed by atoms with van der Waals surface area (Å²) in [5, 5.41) is 3.78. The summed E-state index contributed by atoms with van der Waals surface area (Å²) in [7, 11) is 0. The van der Waals surface area contributed by atoms with Crippen molar-refractivity contribution in [3.05, 3.63) is 63.6 Å². The molecule has 1 unspecified atom stereocenters. The lowest BCUT2D eigenvalue weighted by molar-refractivity contribution is -0.144. The molecule has 0 saturated heterocycles. The van der Waals surface area contributed by atoms with Crippen LogP contribution in [0.5, 0.6) is 0 Å². The maximum atomic E-state index is 12.2. The van der Waals surface area contributed by atoms with Crippen LogP contribution in [-0.2, 0) is 9.53 Å². The first-order chi connectivity index (χ1) is 10.1. The zero-order valence-electron chi connectivity index (χ0n) is 11.5. The number of carbonyl (C=O) groups is 1. The van der Waals surface area contributed by atoms with Gasteiger partial charge in [0, 0.05) is 9.50 Å². The van der Waals surface area contributed by atoms with Gasteiger partial charge in [0.05, 0.1) is 12.3 Å². The van der Waals surface area contributed by atoms with Crippen LogP contribution in [0.3, 0.4) is 0 Å². The number of anilines is 1. The van der Waals surface area contributed by atoms with Crippen LogP contribution in [0.1, 0.15) is 18.5 Å². The van der Waals surface area contributed by atoms with Crippen LogP contribution in [0.25, 0.3) is 0 Å². The lowest BCUT2D eigenvalue weighted by atomic mass is 10.1. The van der Waals surface area contributed by atoms with Gasteiger partial charge in [0.25, 0.3) is 0 Å². The third kappa shape index (κ3) is 4.22. The van der Waals surface area contributed by atoms with Crippen LogP contribution in [-0.4, -0.2) is 12.6 Å². The summed E-state index contributed by atoms with van der Waals surface area (Å²) in [6.07, 6.45) is 0. The van der Waals surface area contributed by atoms with E-state index in [1.165, 1.54) is 0 Å². The number of esters is 1.